The first kappa shape index (κ1) is 20.0. The highest BCUT2D eigenvalue weighted by Crippen LogP contribution is 2.36. The molecule has 2 aromatic rings. The lowest BCUT2D eigenvalue weighted by Gasteiger charge is -2.16. The zero-order chi connectivity index (χ0) is 19.2. The maximum absolute atomic E-state index is 13.3. The molecule has 1 amide bonds. The van der Waals surface area contributed by atoms with Crippen molar-refractivity contribution in [1.29, 1.82) is 0 Å². The largest absolute Gasteiger partial charge is 0.450 e. The van der Waals surface area contributed by atoms with E-state index in [9.17, 15) is 18.0 Å². The molecule has 0 fully saturated rings. The van der Waals surface area contributed by atoms with Crippen LogP contribution in [-0.2, 0) is 17.5 Å². The number of thioether (sulfide) groups is 1. The minimum absolute atomic E-state index is 0.0716. The van der Waals surface area contributed by atoms with Gasteiger partial charge in [-0.05, 0) is 49.1 Å². The van der Waals surface area contributed by atoms with Crippen molar-refractivity contribution in [3.05, 3.63) is 53.6 Å². The van der Waals surface area contributed by atoms with E-state index >= 15 is 0 Å². The van der Waals surface area contributed by atoms with Gasteiger partial charge in [-0.25, -0.2) is 4.79 Å². The second-order valence-electron chi connectivity index (χ2n) is 5.31. The Morgan fingerprint density at radius 1 is 1.15 bits per heavy atom. The molecule has 0 unspecified atom stereocenters. The molecule has 0 aromatic heterocycles. The summed E-state index contributed by atoms with van der Waals surface area (Å²) < 4.78 is 44.5. The molecule has 2 N–H and O–H groups in total. The summed E-state index contributed by atoms with van der Waals surface area (Å²) in [4.78, 5) is 12.5. The predicted octanol–water partition coefficient (Wildman–Crippen LogP) is 5.61. The summed E-state index contributed by atoms with van der Waals surface area (Å²) in [6.07, 6.45) is -3.56. The van der Waals surface area contributed by atoms with Crippen LogP contribution in [0, 0.1) is 0 Å². The lowest BCUT2D eigenvalue weighted by molar-refractivity contribution is -0.136. The van der Waals surface area contributed by atoms with Gasteiger partial charge in [0.1, 0.15) is 0 Å². The fraction of sp³-hybridized carbons (Fsp3) is 0.278. The molecule has 0 saturated carbocycles. The van der Waals surface area contributed by atoms with Crippen molar-refractivity contribution >= 4 is 29.2 Å². The number of amides is 1. The van der Waals surface area contributed by atoms with Crippen LogP contribution in [0.2, 0.25) is 0 Å². The highest BCUT2D eigenvalue weighted by atomic mass is 32.2. The molecular weight excluding hydrogens is 365 g/mol. The van der Waals surface area contributed by atoms with E-state index < -0.39 is 17.8 Å². The van der Waals surface area contributed by atoms with Crippen molar-refractivity contribution in [2.24, 2.45) is 0 Å². The summed E-state index contributed by atoms with van der Waals surface area (Å²) in [5.74, 6) is 0. The molecule has 2 rings (SSSR count). The van der Waals surface area contributed by atoms with Gasteiger partial charge < -0.3 is 10.1 Å². The van der Waals surface area contributed by atoms with Crippen LogP contribution in [0.3, 0.4) is 0 Å². The van der Waals surface area contributed by atoms with Gasteiger partial charge >= 0.3 is 12.3 Å². The molecule has 2 aromatic carbocycles. The van der Waals surface area contributed by atoms with Crippen molar-refractivity contribution in [3.63, 3.8) is 0 Å². The smallest absolute Gasteiger partial charge is 0.418 e. The highest BCUT2D eigenvalue weighted by molar-refractivity contribution is 7.98. The van der Waals surface area contributed by atoms with E-state index in [2.05, 4.69) is 15.4 Å². The minimum Gasteiger partial charge on any atom is -0.450 e. The maximum Gasteiger partial charge on any atom is 0.418 e. The van der Waals surface area contributed by atoms with Crippen LogP contribution in [0.15, 0.2) is 47.4 Å². The van der Waals surface area contributed by atoms with Crippen LogP contribution >= 0.6 is 11.8 Å². The Hall–Kier alpha value is -2.35. The average molecular weight is 384 g/mol. The van der Waals surface area contributed by atoms with Gasteiger partial charge in [0.05, 0.1) is 17.9 Å². The number of hydrogen-bond acceptors (Lipinski definition) is 4. The molecule has 0 atom stereocenters. The zero-order valence-electron chi connectivity index (χ0n) is 14.3. The van der Waals surface area contributed by atoms with E-state index in [0.717, 1.165) is 16.5 Å². The Balaban J connectivity index is 2.15. The first-order valence-corrected chi connectivity index (χ1v) is 9.07. The first-order valence-electron chi connectivity index (χ1n) is 7.85. The summed E-state index contributed by atoms with van der Waals surface area (Å²) in [5, 5.41) is 5.09. The van der Waals surface area contributed by atoms with Crippen LogP contribution in [0.4, 0.5) is 29.3 Å². The number of carbonyl (C=O) groups is 1. The van der Waals surface area contributed by atoms with Crippen LogP contribution in [0.1, 0.15) is 18.1 Å². The van der Waals surface area contributed by atoms with Crippen molar-refractivity contribution < 1.29 is 22.7 Å². The fourth-order valence-electron chi connectivity index (χ4n) is 2.22. The number of hydrogen-bond donors (Lipinski definition) is 2. The molecule has 0 aliphatic rings. The molecule has 0 spiro atoms. The monoisotopic (exact) mass is 384 g/mol. The Labute approximate surface area is 154 Å². The van der Waals surface area contributed by atoms with Gasteiger partial charge in [0.2, 0.25) is 0 Å². The van der Waals surface area contributed by atoms with Gasteiger partial charge in [0.15, 0.2) is 0 Å². The topological polar surface area (TPSA) is 50.4 Å². The number of halogens is 3. The van der Waals surface area contributed by atoms with Crippen LogP contribution < -0.4 is 10.6 Å². The Bertz CT molecular complexity index is 749. The molecular formula is C18H19F3N2O2S. The van der Waals surface area contributed by atoms with Crippen LogP contribution in [0.5, 0.6) is 0 Å². The number of rotatable bonds is 6. The summed E-state index contributed by atoms with van der Waals surface area (Å²) >= 11 is 1.62. The SMILES string of the molecule is CCOC(=O)Nc1ccc(NCc2ccc(SC)cc2)cc1C(F)(F)F. The number of benzene rings is 2. The van der Waals surface area contributed by atoms with Gasteiger partial charge in [0.25, 0.3) is 0 Å². The van der Waals surface area contributed by atoms with Gasteiger partial charge in [-0.15, -0.1) is 11.8 Å². The first-order chi connectivity index (χ1) is 12.3. The van der Waals surface area contributed by atoms with E-state index in [1.807, 2.05) is 30.5 Å². The third-order valence-electron chi connectivity index (χ3n) is 3.49. The molecule has 0 aliphatic heterocycles. The Kier molecular flexibility index (Phi) is 6.79. The van der Waals surface area contributed by atoms with Crippen molar-refractivity contribution in [2.45, 2.75) is 24.5 Å². The minimum atomic E-state index is -4.60. The zero-order valence-corrected chi connectivity index (χ0v) is 15.1. The van der Waals surface area contributed by atoms with E-state index in [4.69, 9.17) is 0 Å². The predicted molar refractivity (Wildman–Crippen MR) is 97.6 cm³/mol. The molecule has 0 radical (unpaired) electrons. The van der Waals surface area contributed by atoms with E-state index in [0.29, 0.717) is 12.2 Å². The average Bonchev–Trinajstić information content (AvgIpc) is 2.60. The number of nitrogens with one attached hydrogen (secondary N) is 2. The highest BCUT2D eigenvalue weighted by Gasteiger charge is 2.34. The second-order valence-corrected chi connectivity index (χ2v) is 6.18. The molecule has 8 heteroatoms. The molecule has 0 heterocycles. The molecule has 4 nitrogen and oxygen atoms in total. The number of alkyl halides is 3. The van der Waals surface area contributed by atoms with Gasteiger partial charge in [0, 0.05) is 17.1 Å². The third kappa shape index (κ3) is 5.59. The second kappa shape index (κ2) is 8.84. The van der Waals surface area contributed by atoms with Crippen molar-refractivity contribution in [1.82, 2.24) is 0 Å². The van der Waals surface area contributed by atoms with E-state index in [1.165, 1.54) is 12.1 Å². The summed E-state index contributed by atoms with van der Waals surface area (Å²) in [7, 11) is 0. The molecule has 0 bridgehead atoms. The Morgan fingerprint density at radius 2 is 1.85 bits per heavy atom. The van der Waals surface area contributed by atoms with Gasteiger partial charge in [-0.3, -0.25) is 5.32 Å². The summed E-state index contributed by atoms with van der Waals surface area (Å²) in [6, 6.07) is 11.4. The maximum atomic E-state index is 13.3. The molecule has 26 heavy (non-hydrogen) atoms. The van der Waals surface area contributed by atoms with Gasteiger partial charge in [-0.2, -0.15) is 13.2 Å². The van der Waals surface area contributed by atoms with Gasteiger partial charge in [-0.1, -0.05) is 12.1 Å². The molecule has 0 saturated heterocycles. The number of anilines is 2. The summed E-state index contributed by atoms with van der Waals surface area (Å²) in [5.41, 5.74) is -0.0233. The molecule has 140 valence electrons. The quantitative estimate of drug-likeness (QED) is 0.636. The van der Waals surface area contributed by atoms with Crippen molar-refractivity contribution in [2.75, 3.05) is 23.5 Å². The van der Waals surface area contributed by atoms with Crippen LogP contribution in [0.25, 0.3) is 0 Å². The normalized spacial score (nSPS) is 11.1. The number of carbonyl (C=O) groups excluding carboxylic acids is 1. The van der Waals surface area contributed by atoms with Crippen molar-refractivity contribution in [3.8, 4) is 0 Å². The fourth-order valence-corrected chi connectivity index (χ4v) is 2.63. The van der Waals surface area contributed by atoms with Crippen LogP contribution in [-0.4, -0.2) is 19.0 Å². The lowest BCUT2D eigenvalue weighted by atomic mass is 10.1. The summed E-state index contributed by atoms with van der Waals surface area (Å²) in [6.45, 7) is 2.03. The van der Waals surface area contributed by atoms with E-state index in [-0.39, 0.29) is 12.3 Å². The number of ether oxygens (including phenoxy) is 1. The lowest BCUT2D eigenvalue weighted by Crippen LogP contribution is -2.17. The Morgan fingerprint density at radius 3 is 2.42 bits per heavy atom. The molecule has 0 aliphatic carbocycles. The van der Waals surface area contributed by atoms with E-state index in [1.54, 1.807) is 18.7 Å². The third-order valence-corrected chi connectivity index (χ3v) is 4.24. The standard InChI is InChI=1S/C18H19F3N2O2S/c1-3-25-17(24)23-16-9-6-13(10-15(16)18(19,20)21)22-11-12-4-7-14(26-2)8-5-12/h4-10,22H,3,11H2,1-2H3,(H,23,24).